The molecule has 1 amide bonds. The van der Waals surface area contributed by atoms with E-state index in [-0.39, 0.29) is 5.06 Å². The van der Waals surface area contributed by atoms with Crippen molar-refractivity contribution in [3.8, 4) is 0 Å². The Kier molecular flexibility index (Phi) is 5.23. The summed E-state index contributed by atoms with van der Waals surface area (Å²) in [5.41, 5.74) is -1.58. The number of rotatable bonds is 2. The summed E-state index contributed by atoms with van der Waals surface area (Å²) < 4.78 is 44.3. The number of carbonyl (C=O) groups excluding carboxylic acids is 1. The molecule has 1 aromatic carbocycles. The van der Waals surface area contributed by atoms with Crippen LogP contribution in [0.5, 0.6) is 0 Å². The monoisotopic (exact) mass is 321 g/mol. The van der Waals surface area contributed by atoms with E-state index in [1.165, 1.54) is 20.8 Å². The molecule has 122 valence electrons. The smallest absolute Gasteiger partial charge is 0.463 e. The third-order valence-electron chi connectivity index (χ3n) is 2.17. The van der Waals surface area contributed by atoms with Crippen LogP contribution in [0, 0.1) is 17.5 Å². The summed E-state index contributed by atoms with van der Waals surface area (Å²) in [6.45, 7) is 3.64. The van der Waals surface area contributed by atoms with E-state index >= 15 is 0 Å². The van der Waals surface area contributed by atoms with Crippen LogP contribution in [0.2, 0.25) is 0 Å². The quantitative estimate of drug-likeness (QED) is 0.513. The first-order chi connectivity index (χ1) is 9.99. The highest BCUT2D eigenvalue weighted by Gasteiger charge is 2.25. The zero-order chi connectivity index (χ0) is 17.1. The van der Waals surface area contributed by atoms with E-state index in [0.717, 1.165) is 0 Å². The molecule has 1 aromatic rings. The number of amides is 1. The lowest BCUT2D eigenvalue weighted by Gasteiger charge is -2.22. The summed E-state index contributed by atoms with van der Waals surface area (Å²) in [4.78, 5) is 26.7. The Morgan fingerprint density at radius 1 is 1.23 bits per heavy atom. The molecule has 0 aromatic heterocycles. The van der Waals surface area contributed by atoms with Gasteiger partial charge in [0.05, 0.1) is 6.54 Å². The fraction of sp³-hybridized carbons (Fsp3) is 0.385. The topological polar surface area (TPSA) is 76.1 Å². The second-order valence-corrected chi connectivity index (χ2v) is 5.24. The molecular formula is C13H14F3NO5. The molecule has 0 aliphatic rings. The van der Waals surface area contributed by atoms with Crippen molar-refractivity contribution in [2.45, 2.75) is 32.9 Å². The molecule has 0 fully saturated rings. The molecule has 1 N–H and O–H groups in total. The highest BCUT2D eigenvalue weighted by Crippen LogP contribution is 2.17. The maximum atomic E-state index is 13.5. The molecule has 0 radical (unpaired) electrons. The molecular weight excluding hydrogens is 307 g/mol. The first-order valence-electron chi connectivity index (χ1n) is 6.04. The van der Waals surface area contributed by atoms with Gasteiger partial charge in [-0.15, -0.1) is 5.06 Å². The average Bonchev–Trinajstić information content (AvgIpc) is 2.31. The Hall–Kier alpha value is -2.45. The van der Waals surface area contributed by atoms with Gasteiger partial charge in [0.1, 0.15) is 11.4 Å². The van der Waals surface area contributed by atoms with Crippen LogP contribution in [-0.2, 0) is 16.1 Å². The van der Waals surface area contributed by atoms with Crippen LogP contribution in [0.4, 0.5) is 22.8 Å². The summed E-state index contributed by atoms with van der Waals surface area (Å²) >= 11 is 0. The summed E-state index contributed by atoms with van der Waals surface area (Å²) in [5.74, 6) is -4.03. The number of benzene rings is 1. The lowest BCUT2D eigenvalue weighted by atomic mass is 10.2. The van der Waals surface area contributed by atoms with Gasteiger partial charge in [0, 0.05) is 11.6 Å². The van der Waals surface area contributed by atoms with Crippen molar-refractivity contribution in [2.24, 2.45) is 0 Å². The largest absolute Gasteiger partial charge is 0.534 e. The first kappa shape index (κ1) is 17.6. The number of halogens is 3. The number of hydroxylamine groups is 2. The van der Waals surface area contributed by atoms with Crippen molar-refractivity contribution in [1.29, 1.82) is 0 Å². The fourth-order valence-corrected chi connectivity index (χ4v) is 1.38. The molecule has 1 rings (SSSR count). The predicted molar refractivity (Wildman–Crippen MR) is 67.2 cm³/mol. The average molecular weight is 321 g/mol. The van der Waals surface area contributed by atoms with Crippen molar-refractivity contribution in [2.75, 3.05) is 0 Å². The van der Waals surface area contributed by atoms with E-state index in [9.17, 15) is 22.8 Å². The van der Waals surface area contributed by atoms with Crippen LogP contribution in [-0.4, -0.2) is 28.0 Å². The molecule has 0 aliphatic heterocycles. The number of hydrogen-bond donors (Lipinski definition) is 1. The molecule has 0 spiro atoms. The maximum absolute atomic E-state index is 13.5. The molecule has 22 heavy (non-hydrogen) atoms. The zero-order valence-electron chi connectivity index (χ0n) is 12.0. The number of hydrogen-bond acceptors (Lipinski definition) is 4. The number of carboxylic acid groups (broad SMARTS) is 1. The Balaban J connectivity index is 2.90. The SMILES string of the molecule is CC(C)(C)OC(=O)ON(Cc1cc(F)cc(F)c1F)C(=O)O. The van der Waals surface area contributed by atoms with Crippen LogP contribution in [0.3, 0.4) is 0 Å². The second-order valence-electron chi connectivity index (χ2n) is 5.24. The first-order valence-corrected chi connectivity index (χ1v) is 6.04. The van der Waals surface area contributed by atoms with Gasteiger partial charge >= 0.3 is 12.2 Å². The van der Waals surface area contributed by atoms with Crippen LogP contribution in [0.25, 0.3) is 0 Å². The molecule has 0 aliphatic carbocycles. The van der Waals surface area contributed by atoms with E-state index in [4.69, 9.17) is 9.84 Å². The van der Waals surface area contributed by atoms with Crippen molar-refractivity contribution < 1.29 is 37.4 Å². The number of ether oxygens (including phenoxy) is 1. The molecule has 0 bridgehead atoms. The summed E-state index contributed by atoms with van der Waals surface area (Å²) in [7, 11) is 0. The number of carbonyl (C=O) groups is 2. The van der Waals surface area contributed by atoms with Crippen molar-refractivity contribution >= 4 is 12.2 Å². The highest BCUT2D eigenvalue weighted by molar-refractivity contribution is 5.67. The van der Waals surface area contributed by atoms with Crippen molar-refractivity contribution in [3.63, 3.8) is 0 Å². The molecule has 0 saturated carbocycles. The summed E-state index contributed by atoms with van der Waals surface area (Å²) in [6.07, 6.45) is -3.12. The summed E-state index contributed by atoms with van der Waals surface area (Å²) in [5, 5.41) is 8.90. The third-order valence-corrected chi connectivity index (χ3v) is 2.17. The lowest BCUT2D eigenvalue weighted by molar-refractivity contribution is -0.127. The van der Waals surface area contributed by atoms with Gasteiger partial charge in [0.2, 0.25) is 0 Å². The molecule has 0 saturated heterocycles. The number of nitrogens with zero attached hydrogens (tertiary/aromatic N) is 1. The van der Waals surface area contributed by atoms with E-state index in [0.29, 0.717) is 12.1 Å². The minimum Gasteiger partial charge on any atom is -0.463 e. The van der Waals surface area contributed by atoms with Gasteiger partial charge in [0.15, 0.2) is 11.6 Å². The molecule has 0 atom stereocenters. The Morgan fingerprint density at radius 3 is 2.32 bits per heavy atom. The standard InChI is InChI=1S/C13H14F3NO5/c1-13(2,3)21-12(20)22-17(11(18)19)6-7-4-8(14)5-9(15)10(7)16/h4-5H,6H2,1-3H3,(H,18,19). The highest BCUT2D eigenvalue weighted by atomic mass is 19.2. The van der Waals surface area contributed by atoms with Gasteiger partial charge in [-0.05, 0) is 26.8 Å². The molecule has 6 nitrogen and oxygen atoms in total. The van der Waals surface area contributed by atoms with Crippen LogP contribution >= 0.6 is 0 Å². The fourth-order valence-electron chi connectivity index (χ4n) is 1.38. The van der Waals surface area contributed by atoms with Gasteiger partial charge in [0.25, 0.3) is 0 Å². The lowest BCUT2D eigenvalue weighted by Crippen LogP contribution is -2.35. The molecule has 0 unspecified atom stereocenters. The van der Waals surface area contributed by atoms with Crippen LogP contribution < -0.4 is 0 Å². The zero-order valence-corrected chi connectivity index (χ0v) is 12.0. The van der Waals surface area contributed by atoms with E-state index in [2.05, 4.69) is 4.84 Å². The van der Waals surface area contributed by atoms with Crippen molar-refractivity contribution in [3.05, 3.63) is 35.1 Å². The Labute approximate surface area is 124 Å². The van der Waals surface area contributed by atoms with Gasteiger partial charge in [-0.1, -0.05) is 0 Å². The van der Waals surface area contributed by atoms with Gasteiger partial charge in [-0.2, -0.15) is 0 Å². The molecule has 9 heteroatoms. The van der Waals surface area contributed by atoms with Gasteiger partial charge in [-0.25, -0.2) is 22.8 Å². The van der Waals surface area contributed by atoms with Gasteiger partial charge in [-0.3, -0.25) is 4.84 Å². The van der Waals surface area contributed by atoms with E-state index < -0.39 is 47.4 Å². The Morgan fingerprint density at radius 2 is 1.82 bits per heavy atom. The van der Waals surface area contributed by atoms with Crippen LogP contribution in [0.1, 0.15) is 26.3 Å². The molecule has 0 heterocycles. The normalized spacial score (nSPS) is 11.0. The minimum absolute atomic E-state index is 0.00532. The van der Waals surface area contributed by atoms with Crippen LogP contribution in [0.15, 0.2) is 12.1 Å². The predicted octanol–water partition coefficient (Wildman–Crippen LogP) is 3.45. The van der Waals surface area contributed by atoms with E-state index in [1.54, 1.807) is 0 Å². The third kappa shape index (κ3) is 5.15. The maximum Gasteiger partial charge on any atom is 0.534 e. The summed E-state index contributed by atoms with van der Waals surface area (Å²) in [6, 6.07) is 0.894. The van der Waals surface area contributed by atoms with Gasteiger partial charge < -0.3 is 9.84 Å². The minimum atomic E-state index is -1.77. The van der Waals surface area contributed by atoms with E-state index in [1.807, 2.05) is 0 Å². The second kappa shape index (κ2) is 6.54. The Bertz CT molecular complexity index is 586. The van der Waals surface area contributed by atoms with Crippen molar-refractivity contribution in [1.82, 2.24) is 5.06 Å².